The molecule has 0 aromatic carbocycles. The molecule has 0 aliphatic carbocycles. The van der Waals surface area contributed by atoms with Crippen molar-refractivity contribution >= 4 is 5.96 Å². The van der Waals surface area contributed by atoms with Gasteiger partial charge in [-0.2, -0.15) is 13.2 Å². The predicted octanol–water partition coefficient (Wildman–Crippen LogP) is 2.54. The van der Waals surface area contributed by atoms with E-state index in [1.807, 2.05) is 6.92 Å². The number of guanidine groups is 1. The lowest BCUT2D eigenvalue weighted by atomic mass is 10.2. The molecule has 0 aliphatic rings. The van der Waals surface area contributed by atoms with Crippen molar-refractivity contribution in [1.29, 1.82) is 0 Å². The molecule has 0 bridgehead atoms. The maximum atomic E-state index is 12.3. The molecule has 5 nitrogen and oxygen atoms in total. The molecule has 0 fully saturated rings. The van der Waals surface area contributed by atoms with Crippen LogP contribution in [0.25, 0.3) is 0 Å². The Morgan fingerprint density at radius 1 is 1.04 bits per heavy atom. The van der Waals surface area contributed by atoms with E-state index in [4.69, 9.17) is 0 Å². The van der Waals surface area contributed by atoms with Gasteiger partial charge in [0.15, 0.2) is 5.96 Å². The smallest absolute Gasteiger partial charge is 0.357 e. The van der Waals surface area contributed by atoms with Gasteiger partial charge in [-0.05, 0) is 54.6 Å². The fourth-order valence-electron chi connectivity index (χ4n) is 2.67. The average molecular weight is 368 g/mol. The van der Waals surface area contributed by atoms with Crippen LogP contribution in [-0.4, -0.2) is 80.3 Å². The molecule has 0 atom stereocenters. The van der Waals surface area contributed by atoms with Crippen LogP contribution in [0, 0.1) is 0 Å². The Hall–Kier alpha value is -1.02. The summed E-state index contributed by atoms with van der Waals surface area (Å²) in [4.78, 5) is 8.10. The predicted molar refractivity (Wildman–Crippen MR) is 99.1 cm³/mol. The summed E-state index contributed by atoms with van der Waals surface area (Å²) in [6.07, 6.45) is -3.56. The largest absolute Gasteiger partial charge is 0.401 e. The third kappa shape index (κ3) is 12.9. The number of aliphatic imine (C=N–C) groups is 1. The van der Waals surface area contributed by atoms with E-state index in [9.17, 15) is 13.2 Å². The highest BCUT2D eigenvalue weighted by molar-refractivity contribution is 5.79. The number of nitrogens with zero attached hydrogens (tertiary/aromatic N) is 3. The summed E-state index contributed by atoms with van der Waals surface area (Å²) in [7, 11) is 1.48. The first kappa shape index (κ1) is 24.0. The lowest BCUT2D eigenvalue weighted by Crippen LogP contribution is -2.45. The first-order valence-corrected chi connectivity index (χ1v) is 9.10. The van der Waals surface area contributed by atoms with Gasteiger partial charge in [0.25, 0.3) is 0 Å². The van der Waals surface area contributed by atoms with Crippen LogP contribution in [0.4, 0.5) is 13.2 Å². The van der Waals surface area contributed by atoms with Crippen LogP contribution in [0.3, 0.4) is 0 Å². The maximum Gasteiger partial charge on any atom is 0.401 e. The molecular formula is C17H36F3N5. The summed E-state index contributed by atoms with van der Waals surface area (Å²) in [6.45, 7) is 13.1. The Morgan fingerprint density at radius 2 is 1.64 bits per heavy atom. The minimum atomic E-state index is -4.15. The molecule has 0 rings (SSSR count). The van der Waals surface area contributed by atoms with E-state index < -0.39 is 12.7 Å². The summed E-state index contributed by atoms with van der Waals surface area (Å²) in [5, 5.41) is 6.46. The zero-order chi connectivity index (χ0) is 19.5. The van der Waals surface area contributed by atoms with E-state index in [-0.39, 0.29) is 0 Å². The second kappa shape index (κ2) is 12.4. The standard InChI is InChI=1S/C17H36F3N5/c1-7-21-16(23-10-12-25(14(2)3)15(4)5)22-9-8-11-24(6)13-17(18,19)20/h14-15H,7-13H2,1-6H3,(H2,21,22,23). The van der Waals surface area contributed by atoms with Gasteiger partial charge in [0.1, 0.15) is 0 Å². The molecule has 2 N–H and O–H groups in total. The van der Waals surface area contributed by atoms with Crippen molar-refractivity contribution in [3.8, 4) is 0 Å². The van der Waals surface area contributed by atoms with Gasteiger partial charge in [0.2, 0.25) is 0 Å². The topological polar surface area (TPSA) is 42.9 Å². The molecule has 0 heterocycles. The molecule has 0 unspecified atom stereocenters. The normalized spacial score (nSPS) is 13.4. The van der Waals surface area contributed by atoms with Gasteiger partial charge >= 0.3 is 6.18 Å². The van der Waals surface area contributed by atoms with Crippen molar-refractivity contribution in [2.45, 2.75) is 59.3 Å². The van der Waals surface area contributed by atoms with Gasteiger partial charge in [-0.25, -0.2) is 0 Å². The number of rotatable bonds is 11. The summed E-state index contributed by atoms with van der Waals surface area (Å²) in [6, 6.07) is 0.955. The van der Waals surface area contributed by atoms with Crippen molar-refractivity contribution in [2.75, 3.05) is 46.3 Å². The average Bonchev–Trinajstić information content (AvgIpc) is 2.45. The Bertz CT molecular complexity index is 362. The van der Waals surface area contributed by atoms with Gasteiger partial charge in [-0.3, -0.25) is 14.8 Å². The third-order valence-electron chi connectivity index (χ3n) is 3.75. The SMILES string of the molecule is CCNC(=NCCCN(C)CC(F)(F)F)NCCN(C(C)C)C(C)C. The minimum absolute atomic E-state index is 0.372. The van der Waals surface area contributed by atoms with E-state index in [1.165, 1.54) is 11.9 Å². The highest BCUT2D eigenvalue weighted by atomic mass is 19.4. The summed E-state index contributed by atoms with van der Waals surface area (Å²) in [5.41, 5.74) is 0. The summed E-state index contributed by atoms with van der Waals surface area (Å²) >= 11 is 0. The van der Waals surface area contributed by atoms with Crippen LogP contribution < -0.4 is 10.6 Å². The van der Waals surface area contributed by atoms with Crippen molar-refractivity contribution in [1.82, 2.24) is 20.4 Å². The minimum Gasteiger partial charge on any atom is -0.357 e. The second-order valence-corrected chi connectivity index (χ2v) is 6.82. The fraction of sp³-hybridized carbons (Fsp3) is 0.941. The Balaban J connectivity index is 4.24. The Kier molecular flexibility index (Phi) is 11.8. The number of alkyl halides is 3. The number of nitrogens with one attached hydrogen (secondary N) is 2. The molecule has 0 spiro atoms. The highest BCUT2D eigenvalue weighted by Gasteiger charge is 2.28. The highest BCUT2D eigenvalue weighted by Crippen LogP contribution is 2.15. The van der Waals surface area contributed by atoms with Gasteiger partial charge in [-0.1, -0.05) is 0 Å². The van der Waals surface area contributed by atoms with E-state index in [0.717, 1.165) is 19.6 Å². The van der Waals surface area contributed by atoms with E-state index in [1.54, 1.807) is 0 Å². The van der Waals surface area contributed by atoms with Crippen molar-refractivity contribution in [3.05, 3.63) is 0 Å². The molecule has 0 amide bonds. The van der Waals surface area contributed by atoms with Crippen LogP contribution in [0.5, 0.6) is 0 Å². The van der Waals surface area contributed by atoms with Gasteiger partial charge in [0.05, 0.1) is 6.54 Å². The third-order valence-corrected chi connectivity index (χ3v) is 3.75. The lowest BCUT2D eigenvalue weighted by Gasteiger charge is -2.30. The molecule has 8 heteroatoms. The Labute approximate surface area is 151 Å². The monoisotopic (exact) mass is 367 g/mol. The number of halogens is 3. The van der Waals surface area contributed by atoms with Crippen LogP contribution in [0.1, 0.15) is 41.0 Å². The molecule has 0 aliphatic heterocycles. The molecule has 25 heavy (non-hydrogen) atoms. The summed E-state index contributed by atoms with van der Waals surface area (Å²) < 4.78 is 36.8. The van der Waals surface area contributed by atoms with Crippen LogP contribution in [-0.2, 0) is 0 Å². The van der Waals surface area contributed by atoms with Gasteiger partial charge in [0, 0.05) is 38.3 Å². The molecule has 0 radical (unpaired) electrons. The summed E-state index contributed by atoms with van der Waals surface area (Å²) in [5.74, 6) is 0.716. The number of hydrogen-bond donors (Lipinski definition) is 2. The number of hydrogen-bond acceptors (Lipinski definition) is 3. The van der Waals surface area contributed by atoms with E-state index in [2.05, 4.69) is 48.2 Å². The first-order valence-electron chi connectivity index (χ1n) is 9.10. The van der Waals surface area contributed by atoms with Crippen LogP contribution in [0.15, 0.2) is 4.99 Å². The lowest BCUT2D eigenvalue weighted by molar-refractivity contribution is -0.143. The van der Waals surface area contributed by atoms with Crippen molar-refractivity contribution in [3.63, 3.8) is 0 Å². The van der Waals surface area contributed by atoms with E-state index >= 15 is 0 Å². The molecule has 0 saturated heterocycles. The first-order chi connectivity index (χ1) is 11.6. The quantitative estimate of drug-likeness (QED) is 0.335. The molecule has 0 aromatic rings. The van der Waals surface area contributed by atoms with Crippen LogP contribution >= 0.6 is 0 Å². The second-order valence-electron chi connectivity index (χ2n) is 6.82. The Morgan fingerprint density at radius 3 is 2.12 bits per heavy atom. The molecule has 150 valence electrons. The van der Waals surface area contributed by atoms with Crippen molar-refractivity contribution in [2.24, 2.45) is 4.99 Å². The van der Waals surface area contributed by atoms with Crippen LogP contribution in [0.2, 0.25) is 0 Å². The fourth-order valence-corrected chi connectivity index (χ4v) is 2.67. The van der Waals surface area contributed by atoms with Gasteiger partial charge in [-0.15, -0.1) is 0 Å². The molecule has 0 aromatic heterocycles. The van der Waals surface area contributed by atoms with E-state index in [0.29, 0.717) is 37.6 Å². The molecule has 0 saturated carbocycles. The zero-order valence-corrected chi connectivity index (χ0v) is 16.6. The molecular weight excluding hydrogens is 331 g/mol. The van der Waals surface area contributed by atoms with Gasteiger partial charge < -0.3 is 10.6 Å². The maximum absolute atomic E-state index is 12.3. The van der Waals surface area contributed by atoms with Crippen molar-refractivity contribution < 1.29 is 13.2 Å². The zero-order valence-electron chi connectivity index (χ0n) is 16.6.